The third kappa shape index (κ3) is 4.16. The maximum Gasteiger partial charge on any atom is 0.0684 e. The van der Waals surface area contributed by atoms with E-state index in [1.54, 1.807) is 0 Å². The molecule has 0 heterocycles. The van der Waals surface area contributed by atoms with Gasteiger partial charge >= 0.3 is 0 Å². The van der Waals surface area contributed by atoms with Crippen LogP contribution in [0.25, 0.3) is 0 Å². The summed E-state index contributed by atoms with van der Waals surface area (Å²) in [5, 5.41) is 8.97. The molecule has 0 radical (unpaired) electrons. The highest BCUT2D eigenvalue weighted by Crippen LogP contribution is 2.08. The Hall–Kier alpha value is -1.19. The average Bonchev–Trinajstić information content (AvgIpc) is 2.29. The number of hydrogen-bond acceptors (Lipinski definition) is 3. The van der Waals surface area contributed by atoms with Gasteiger partial charge in [0.1, 0.15) is 0 Å². The highest BCUT2D eigenvalue weighted by Gasteiger charge is 1.98. The maximum atomic E-state index is 8.97. The topological polar surface area (TPSA) is 58.6 Å². The molecule has 3 N–H and O–H groups in total. The first-order valence-corrected chi connectivity index (χ1v) is 4.56. The zero-order valence-corrected chi connectivity index (χ0v) is 8.61. The van der Waals surface area contributed by atoms with Gasteiger partial charge in [-0.05, 0) is 31.3 Å². The van der Waals surface area contributed by atoms with Crippen LogP contribution in [0.4, 0.5) is 0 Å². The Labute approximate surface area is 85.3 Å². The Bertz CT molecular complexity index is 261. The van der Waals surface area contributed by atoms with Crippen LogP contribution >= 0.6 is 0 Å². The molecular weight excluding hydrogens is 176 g/mol. The Morgan fingerprint density at radius 1 is 1.29 bits per heavy atom. The molecule has 1 aromatic carbocycles. The number of aliphatic hydroxyl groups excluding tert-OH is 1. The summed E-state index contributed by atoms with van der Waals surface area (Å²) in [5.74, 6) is 0. The van der Waals surface area contributed by atoms with Crippen molar-refractivity contribution in [2.45, 2.75) is 13.0 Å². The Kier molecular flexibility index (Phi) is 7.70. The molecule has 0 aliphatic rings. The molecule has 0 aliphatic heterocycles. The summed E-state index contributed by atoms with van der Waals surface area (Å²) in [4.78, 5) is 3.77. The fourth-order valence-corrected chi connectivity index (χ4v) is 1.16. The van der Waals surface area contributed by atoms with Crippen molar-refractivity contribution in [3.05, 3.63) is 35.4 Å². The first-order chi connectivity index (χ1) is 6.88. The molecule has 78 valence electrons. The van der Waals surface area contributed by atoms with E-state index >= 15 is 0 Å². The molecule has 3 nitrogen and oxygen atoms in total. The Balaban J connectivity index is 0.000000791. The number of aliphatic imine (C=N–C) groups is 1. The molecule has 1 rings (SSSR count). The standard InChI is InChI=1S/C10H13NO.CH5N/c1-11-7-6-9-4-2-3-5-10(9)8-12;1-2/h2-5,12H,1,6-8H2;2H2,1H3. The summed E-state index contributed by atoms with van der Waals surface area (Å²) in [6.45, 7) is 4.24. The highest BCUT2D eigenvalue weighted by molar-refractivity contribution is 5.28. The lowest BCUT2D eigenvalue weighted by atomic mass is 10.1. The Morgan fingerprint density at radius 2 is 1.86 bits per heavy atom. The lowest BCUT2D eigenvalue weighted by Gasteiger charge is -2.04. The van der Waals surface area contributed by atoms with E-state index in [1.165, 1.54) is 7.05 Å². The summed E-state index contributed by atoms with van der Waals surface area (Å²) < 4.78 is 0. The van der Waals surface area contributed by atoms with Crippen molar-refractivity contribution in [1.29, 1.82) is 0 Å². The molecule has 0 saturated heterocycles. The van der Waals surface area contributed by atoms with Crippen LogP contribution < -0.4 is 5.73 Å². The maximum absolute atomic E-state index is 8.97. The van der Waals surface area contributed by atoms with Crippen molar-refractivity contribution in [3.8, 4) is 0 Å². The van der Waals surface area contributed by atoms with Gasteiger partial charge in [0.2, 0.25) is 0 Å². The van der Waals surface area contributed by atoms with Crippen LogP contribution in [0.5, 0.6) is 0 Å². The second kappa shape index (κ2) is 8.41. The van der Waals surface area contributed by atoms with E-state index in [2.05, 4.69) is 17.4 Å². The monoisotopic (exact) mass is 194 g/mol. The van der Waals surface area contributed by atoms with E-state index in [1.807, 2.05) is 24.3 Å². The third-order valence-electron chi connectivity index (χ3n) is 1.83. The van der Waals surface area contributed by atoms with Crippen LogP contribution in [0.3, 0.4) is 0 Å². The van der Waals surface area contributed by atoms with Crippen molar-refractivity contribution in [2.75, 3.05) is 13.6 Å². The minimum absolute atomic E-state index is 0.104. The van der Waals surface area contributed by atoms with Gasteiger partial charge in [0.15, 0.2) is 0 Å². The smallest absolute Gasteiger partial charge is 0.0684 e. The van der Waals surface area contributed by atoms with Crippen molar-refractivity contribution in [3.63, 3.8) is 0 Å². The molecule has 14 heavy (non-hydrogen) atoms. The second-order valence-electron chi connectivity index (χ2n) is 2.62. The molecule has 0 atom stereocenters. The van der Waals surface area contributed by atoms with Crippen LogP contribution in [0.15, 0.2) is 29.3 Å². The summed E-state index contributed by atoms with van der Waals surface area (Å²) in [5.41, 5.74) is 6.65. The summed E-state index contributed by atoms with van der Waals surface area (Å²) in [6.07, 6.45) is 0.861. The van der Waals surface area contributed by atoms with Gasteiger partial charge in [-0.15, -0.1) is 0 Å². The molecule has 0 saturated carbocycles. The molecular formula is C11H18N2O. The first-order valence-electron chi connectivity index (χ1n) is 4.56. The third-order valence-corrected chi connectivity index (χ3v) is 1.83. The van der Waals surface area contributed by atoms with Gasteiger partial charge in [0, 0.05) is 6.54 Å². The van der Waals surface area contributed by atoms with Gasteiger partial charge in [-0.25, -0.2) is 0 Å². The number of nitrogens with zero attached hydrogens (tertiary/aromatic N) is 1. The van der Waals surface area contributed by atoms with Crippen LogP contribution in [0.1, 0.15) is 11.1 Å². The molecule has 0 aromatic heterocycles. The summed E-state index contributed by atoms with van der Waals surface area (Å²) >= 11 is 0. The molecule has 0 aliphatic carbocycles. The minimum atomic E-state index is 0.104. The van der Waals surface area contributed by atoms with Gasteiger partial charge < -0.3 is 15.8 Å². The fraction of sp³-hybridized carbons (Fsp3) is 0.364. The van der Waals surface area contributed by atoms with Gasteiger partial charge in [0.05, 0.1) is 6.61 Å². The van der Waals surface area contributed by atoms with Gasteiger partial charge in [0.25, 0.3) is 0 Å². The number of aliphatic hydroxyl groups is 1. The fourth-order valence-electron chi connectivity index (χ4n) is 1.16. The Morgan fingerprint density at radius 3 is 2.36 bits per heavy atom. The van der Waals surface area contributed by atoms with Crippen molar-refractivity contribution >= 4 is 6.72 Å². The molecule has 0 fully saturated rings. The van der Waals surface area contributed by atoms with Crippen LogP contribution in [-0.4, -0.2) is 25.4 Å². The van der Waals surface area contributed by atoms with Gasteiger partial charge in [-0.3, -0.25) is 0 Å². The predicted molar refractivity (Wildman–Crippen MR) is 60.6 cm³/mol. The zero-order chi connectivity index (χ0) is 10.8. The average molecular weight is 194 g/mol. The van der Waals surface area contributed by atoms with Crippen molar-refractivity contribution < 1.29 is 5.11 Å². The van der Waals surface area contributed by atoms with Crippen LogP contribution in [0, 0.1) is 0 Å². The molecule has 0 bridgehead atoms. The summed E-state index contributed by atoms with van der Waals surface area (Å²) in [7, 11) is 1.50. The van der Waals surface area contributed by atoms with Gasteiger partial charge in [-0.1, -0.05) is 24.3 Å². The molecule has 1 aromatic rings. The van der Waals surface area contributed by atoms with E-state index in [9.17, 15) is 0 Å². The number of hydrogen-bond donors (Lipinski definition) is 2. The molecule has 0 amide bonds. The quantitative estimate of drug-likeness (QED) is 0.702. The summed E-state index contributed by atoms with van der Waals surface area (Å²) in [6, 6.07) is 7.84. The molecule has 0 spiro atoms. The van der Waals surface area contributed by atoms with E-state index in [4.69, 9.17) is 5.11 Å². The largest absolute Gasteiger partial charge is 0.392 e. The van der Waals surface area contributed by atoms with Crippen molar-refractivity contribution in [2.24, 2.45) is 10.7 Å². The second-order valence-corrected chi connectivity index (χ2v) is 2.62. The van der Waals surface area contributed by atoms with Crippen LogP contribution in [-0.2, 0) is 13.0 Å². The van der Waals surface area contributed by atoms with E-state index in [0.717, 1.165) is 24.1 Å². The van der Waals surface area contributed by atoms with Gasteiger partial charge in [-0.2, -0.15) is 0 Å². The molecule has 0 unspecified atom stereocenters. The van der Waals surface area contributed by atoms with E-state index < -0.39 is 0 Å². The van der Waals surface area contributed by atoms with Crippen LogP contribution in [0.2, 0.25) is 0 Å². The normalized spacial score (nSPS) is 8.79. The number of nitrogens with two attached hydrogens (primary N) is 1. The zero-order valence-electron chi connectivity index (χ0n) is 8.61. The number of rotatable bonds is 4. The number of benzene rings is 1. The lowest BCUT2D eigenvalue weighted by Crippen LogP contribution is -1.95. The minimum Gasteiger partial charge on any atom is -0.392 e. The SMILES string of the molecule is C=NCCc1ccccc1CO.CN. The lowest BCUT2D eigenvalue weighted by molar-refractivity contribution is 0.280. The van der Waals surface area contributed by atoms with E-state index in [0.29, 0.717) is 0 Å². The predicted octanol–water partition coefficient (Wildman–Crippen LogP) is 0.997. The van der Waals surface area contributed by atoms with E-state index in [-0.39, 0.29) is 6.61 Å². The van der Waals surface area contributed by atoms with Crippen molar-refractivity contribution in [1.82, 2.24) is 0 Å². The first kappa shape index (κ1) is 12.8. The molecule has 3 heteroatoms. The highest BCUT2D eigenvalue weighted by atomic mass is 16.3.